The first kappa shape index (κ1) is 32.4. The van der Waals surface area contributed by atoms with E-state index in [0.29, 0.717) is 18.1 Å². The van der Waals surface area contributed by atoms with Crippen LogP contribution < -0.4 is 10.6 Å². The van der Waals surface area contributed by atoms with Gasteiger partial charge in [0.15, 0.2) is 9.84 Å². The third-order valence-electron chi connectivity index (χ3n) is 6.52. The summed E-state index contributed by atoms with van der Waals surface area (Å²) in [7, 11) is -3.42. The minimum atomic E-state index is -4.89. The Morgan fingerprint density at radius 1 is 0.951 bits per heavy atom. The molecular weight excluding hydrogens is 578 g/mol. The Balaban J connectivity index is 1.88. The van der Waals surface area contributed by atoms with E-state index in [0.717, 1.165) is 20.1 Å². The van der Waals surface area contributed by atoms with Crippen molar-refractivity contribution in [3.63, 3.8) is 0 Å². The molecule has 4 atom stereocenters. The average molecular weight is 609 g/mol. The number of hydrogen-bond donors (Lipinski definition) is 2. The maximum Gasteiger partial charge on any atom is 0.397 e. The molecule has 14 heteroatoms. The topological polar surface area (TPSA) is 102 Å². The number of nitrogens with one attached hydrogen (secondary N) is 2. The third kappa shape index (κ3) is 8.44. The Labute approximate surface area is 233 Å². The van der Waals surface area contributed by atoms with Gasteiger partial charge >= 0.3 is 12.1 Å². The quantitative estimate of drug-likeness (QED) is 0.298. The molecule has 7 nitrogen and oxygen atoms in total. The van der Waals surface area contributed by atoms with Crippen LogP contribution in [0.15, 0.2) is 53.4 Å². The number of ether oxygens (including phenoxy) is 1. The molecule has 1 saturated heterocycles. The maximum absolute atomic E-state index is 14.8. The lowest BCUT2D eigenvalue weighted by molar-refractivity contribution is -0.178. The second-order valence-corrected chi connectivity index (χ2v) is 12.7. The zero-order chi connectivity index (χ0) is 31.0. The van der Waals surface area contributed by atoms with Crippen molar-refractivity contribution in [3.8, 4) is 11.1 Å². The predicted octanol–water partition coefficient (Wildman–Crippen LogP) is 4.77. The highest BCUT2D eigenvalue weighted by Gasteiger charge is 2.54. The van der Waals surface area contributed by atoms with Crippen LogP contribution in [0.4, 0.5) is 26.3 Å². The van der Waals surface area contributed by atoms with Gasteiger partial charge in [0.25, 0.3) is 5.92 Å². The van der Waals surface area contributed by atoms with Crippen LogP contribution in [0.3, 0.4) is 0 Å². The molecule has 1 heterocycles. The fourth-order valence-corrected chi connectivity index (χ4v) is 5.06. The van der Waals surface area contributed by atoms with Gasteiger partial charge in [-0.1, -0.05) is 36.4 Å². The van der Waals surface area contributed by atoms with Gasteiger partial charge in [-0.3, -0.25) is 10.1 Å². The Morgan fingerprint density at radius 3 is 1.90 bits per heavy atom. The number of carbonyl (C=O) groups is 2. The molecule has 0 bridgehead atoms. The number of hydrogen-bond acceptors (Lipinski definition) is 6. The normalized spacial score (nSPS) is 19.9. The molecule has 1 unspecified atom stereocenters. The van der Waals surface area contributed by atoms with E-state index in [9.17, 15) is 44.3 Å². The highest BCUT2D eigenvalue weighted by Crippen LogP contribution is 2.35. The molecule has 2 N–H and O–H groups in total. The van der Waals surface area contributed by atoms with E-state index in [4.69, 9.17) is 0 Å². The molecule has 0 saturated carbocycles. The van der Waals surface area contributed by atoms with E-state index in [-0.39, 0.29) is 10.5 Å². The van der Waals surface area contributed by atoms with Crippen LogP contribution in [0.5, 0.6) is 0 Å². The van der Waals surface area contributed by atoms with Crippen molar-refractivity contribution in [1.29, 1.82) is 0 Å². The van der Waals surface area contributed by atoms with Gasteiger partial charge < -0.3 is 10.1 Å². The number of halogens is 6. The van der Waals surface area contributed by atoms with E-state index < -0.39 is 76.6 Å². The number of cyclic esters (lactones) is 1. The fourth-order valence-electron chi connectivity index (χ4n) is 4.43. The number of esters is 1. The first-order valence-electron chi connectivity index (χ1n) is 12.4. The summed E-state index contributed by atoms with van der Waals surface area (Å²) in [5.74, 6) is -8.49. The summed E-state index contributed by atoms with van der Waals surface area (Å²) in [6.45, 7) is 1.69. The summed E-state index contributed by atoms with van der Waals surface area (Å²) in [6.07, 6.45) is -4.53. The zero-order valence-corrected chi connectivity index (χ0v) is 23.4. The van der Waals surface area contributed by atoms with E-state index in [1.54, 1.807) is 12.1 Å². The predicted molar refractivity (Wildman–Crippen MR) is 138 cm³/mol. The van der Waals surface area contributed by atoms with Gasteiger partial charge in [0.05, 0.1) is 17.0 Å². The van der Waals surface area contributed by atoms with Crippen molar-refractivity contribution < 1.29 is 49.1 Å². The van der Waals surface area contributed by atoms with Crippen molar-refractivity contribution in [3.05, 3.63) is 54.1 Å². The number of amides is 1. The van der Waals surface area contributed by atoms with Gasteiger partial charge in [-0.25, -0.2) is 26.4 Å². The first-order valence-corrected chi connectivity index (χ1v) is 14.3. The number of alkyl halides is 6. The molecule has 226 valence electrons. The van der Waals surface area contributed by atoms with Gasteiger partial charge in [-0.15, -0.1) is 0 Å². The van der Waals surface area contributed by atoms with E-state index in [1.165, 1.54) is 36.4 Å². The minimum absolute atomic E-state index is 0.0167. The monoisotopic (exact) mass is 608 g/mol. The Morgan fingerprint density at radius 2 is 1.46 bits per heavy atom. The zero-order valence-electron chi connectivity index (χ0n) is 22.6. The summed E-state index contributed by atoms with van der Waals surface area (Å²) in [5.41, 5.74) is -0.971. The molecule has 3 rings (SSSR count). The van der Waals surface area contributed by atoms with Crippen molar-refractivity contribution in [1.82, 2.24) is 10.6 Å². The number of benzene rings is 2. The molecule has 0 aromatic heterocycles. The molecule has 2 aromatic carbocycles. The standard InChI is InChI=1S/C27H30F6N2O5S/c1-25(2,28)13-20(23(36)35-21-19(27(31,32)33)14-40-24(21)37)34-22(26(3,29)30)17-7-5-15(6-8-17)16-9-11-18(12-10-16)41(4,38)39/h5-12,19-22,34H,13-14H2,1-4H3,(H,35,36)/t19?,20-,21-,22-/m0/s1. The molecule has 0 radical (unpaired) electrons. The van der Waals surface area contributed by atoms with Gasteiger partial charge in [-0.2, -0.15) is 13.2 Å². The highest BCUT2D eigenvalue weighted by atomic mass is 32.2. The molecule has 0 aliphatic carbocycles. The summed E-state index contributed by atoms with van der Waals surface area (Å²) < 4.78 is 112. The van der Waals surface area contributed by atoms with Gasteiger partial charge in [0.1, 0.15) is 24.2 Å². The number of carbonyl (C=O) groups excluding carboxylic acids is 2. The van der Waals surface area contributed by atoms with Crippen molar-refractivity contribution in [2.75, 3.05) is 12.9 Å². The summed E-state index contributed by atoms with van der Waals surface area (Å²) in [6, 6.07) is 5.78. The second-order valence-electron chi connectivity index (χ2n) is 10.7. The Hall–Kier alpha value is -3.13. The maximum atomic E-state index is 14.8. The van der Waals surface area contributed by atoms with Crippen LogP contribution in [0.2, 0.25) is 0 Å². The van der Waals surface area contributed by atoms with Crippen LogP contribution in [-0.4, -0.2) is 63.0 Å². The van der Waals surface area contributed by atoms with Crippen LogP contribution in [-0.2, 0) is 24.2 Å². The average Bonchev–Trinajstić information content (AvgIpc) is 3.20. The molecule has 1 amide bonds. The van der Waals surface area contributed by atoms with Crippen LogP contribution in [0.1, 0.15) is 38.8 Å². The SMILES string of the molecule is CC(C)(F)C[C@H](N[C@@H](c1ccc(-c2ccc(S(C)(=O)=O)cc2)cc1)C(C)(F)F)C(=O)N[C@@H]1C(=O)OCC1C(F)(F)F. The molecule has 1 aliphatic heterocycles. The third-order valence-corrected chi connectivity index (χ3v) is 7.65. The van der Waals surface area contributed by atoms with E-state index in [1.807, 2.05) is 5.32 Å². The van der Waals surface area contributed by atoms with Crippen LogP contribution in [0.25, 0.3) is 11.1 Å². The van der Waals surface area contributed by atoms with E-state index in [2.05, 4.69) is 10.1 Å². The largest absolute Gasteiger partial charge is 0.463 e. The van der Waals surface area contributed by atoms with Crippen molar-refractivity contribution in [2.45, 2.75) is 68.0 Å². The molecular formula is C27H30F6N2O5S. The second kappa shape index (κ2) is 11.6. The van der Waals surface area contributed by atoms with Crippen molar-refractivity contribution in [2.24, 2.45) is 5.92 Å². The number of sulfone groups is 1. The van der Waals surface area contributed by atoms with E-state index >= 15 is 0 Å². The molecule has 0 spiro atoms. The van der Waals surface area contributed by atoms with Gasteiger partial charge in [0, 0.05) is 19.6 Å². The molecule has 41 heavy (non-hydrogen) atoms. The Bertz CT molecular complexity index is 1350. The van der Waals surface area contributed by atoms with Crippen LogP contribution in [0, 0.1) is 5.92 Å². The Kier molecular flexibility index (Phi) is 9.19. The summed E-state index contributed by atoms with van der Waals surface area (Å²) in [4.78, 5) is 25.0. The summed E-state index contributed by atoms with van der Waals surface area (Å²) >= 11 is 0. The molecule has 1 aliphatic rings. The highest BCUT2D eigenvalue weighted by molar-refractivity contribution is 7.90. The summed E-state index contributed by atoms with van der Waals surface area (Å²) in [5, 5.41) is 4.30. The number of rotatable bonds is 10. The fraction of sp³-hybridized carbons (Fsp3) is 0.481. The van der Waals surface area contributed by atoms with Crippen molar-refractivity contribution >= 4 is 21.7 Å². The van der Waals surface area contributed by atoms with Gasteiger partial charge in [0.2, 0.25) is 5.91 Å². The molecule has 1 fully saturated rings. The van der Waals surface area contributed by atoms with Crippen LogP contribution >= 0.6 is 0 Å². The minimum Gasteiger partial charge on any atom is -0.463 e. The lowest BCUT2D eigenvalue weighted by Gasteiger charge is -2.32. The van der Waals surface area contributed by atoms with Gasteiger partial charge in [-0.05, 0) is 42.7 Å². The smallest absolute Gasteiger partial charge is 0.397 e. The lowest BCUT2D eigenvalue weighted by Crippen LogP contribution is -2.56. The molecule has 2 aromatic rings. The first-order chi connectivity index (χ1) is 18.7. The lowest BCUT2D eigenvalue weighted by atomic mass is 9.94.